The Morgan fingerprint density at radius 2 is 2.08 bits per heavy atom. The standard InChI is InChI=1S/C11H10O2/c1-3-10-4-6-11(7-5-10)8-13-9(2)12/h1,4-7H,8H2,2H3. The van der Waals surface area contributed by atoms with Crippen LogP contribution in [0.4, 0.5) is 0 Å². The largest absolute Gasteiger partial charge is 0.461 e. The molecule has 1 aromatic rings. The fourth-order valence-corrected chi connectivity index (χ4v) is 0.882. The lowest BCUT2D eigenvalue weighted by atomic mass is 10.1. The quantitative estimate of drug-likeness (QED) is 0.504. The summed E-state index contributed by atoms with van der Waals surface area (Å²) in [7, 11) is 0. The molecule has 1 aromatic carbocycles. The molecule has 66 valence electrons. The second-order valence-electron chi connectivity index (χ2n) is 2.62. The van der Waals surface area contributed by atoms with Crippen LogP contribution in [0, 0.1) is 12.3 Å². The molecule has 1 rings (SSSR count). The molecule has 0 amide bonds. The van der Waals surface area contributed by atoms with Crippen LogP contribution in [-0.4, -0.2) is 5.97 Å². The summed E-state index contributed by atoms with van der Waals surface area (Å²) in [6, 6.07) is 7.33. The van der Waals surface area contributed by atoms with Gasteiger partial charge in [0.2, 0.25) is 0 Å². The van der Waals surface area contributed by atoms with Gasteiger partial charge in [-0.05, 0) is 17.7 Å². The number of ether oxygens (including phenoxy) is 1. The summed E-state index contributed by atoms with van der Waals surface area (Å²) >= 11 is 0. The number of esters is 1. The summed E-state index contributed by atoms with van der Waals surface area (Å²) in [6.07, 6.45) is 5.19. The SMILES string of the molecule is C#Cc1ccc(COC(C)=O)cc1. The molecule has 0 radical (unpaired) electrons. The topological polar surface area (TPSA) is 26.3 Å². The second-order valence-corrected chi connectivity index (χ2v) is 2.62. The molecule has 0 N–H and O–H groups in total. The molecule has 0 heterocycles. The van der Waals surface area contributed by atoms with Gasteiger partial charge >= 0.3 is 5.97 Å². The van der Waals surface area contributed by atoms with Crippen LogP contribution in [0.1, 0.15) is 18.1 Å². The van der Waals surface area contributed by atoms with Crippen LogP contribution in [0.15, 0.2) is 24.3 Å². The molecule has 0 fully saturated rings. The van der Waals surface area contributed by atoms with E-state index in [0.717, 1.165) is 11.1 Å². The molecule has 2 nitrogen and oxygen atoms in total. The maximum absolute atomic E-state index is 10.5. The Bertz CT molecular complexity index is 330. The minimum absolute atomic E-state index is 0.277. The molecule has 0 aliphatic rings. The monoisotopic (exact) mass is 174 g/mol. The lowest BCUT2D eigenvalue weighted by Crippen LogP contribution is -1.98. The first kappa shape index (κ1) is 9.34. The highest BCUT2D eigenvalue weighted by Crippen LogP contribution is 2.04. The fraction of sp³-hybridized carbons (Fsp3) is 0.182. The summed E-state index contributed by atoms with van der Waals surface area (Å²) in [4.78, 5) is 10.5. The third-order valence-corrected chi connectivity index (χ3v) is 1.56. The van der Waals surface area contributed by atoms with Gasteiger partial charge < -0.3 is 4.74 Å². The van der Waals surface area contributed by atoms with Gasteiger partial charge in [0.15, 0.2) is 0 Å². The van der Waals surface area contributed by atoms with Crippen LogP contribution >= 0.6 is 0 Å². The average Bonchev–Trinajstić information content (AvgIpc) is 2.15. The van der Waals surface area contributed by atoms with Gasteiger partial charge in [-0.25, -0.2) is 0 Å². The van der Waals surface area contributed by atoms with Crippen LogP contribution in [0.5, 0.6) is 0 Å². The molecule has 0 aliphatic carbocycles. The number of carbonyl (C=O) groups excluding carboxylic acids is 1. The number of terminal acetylenes is 1. The second kappa shape index (κ2) is 4.32. The van der Waals surface area contributed by atoms with Crippen molar-refractivity contribution in [3.63, 3.8) is 0 Å². The Kier molecular flexibility index (Phi) is 3.10. The Balaban J connectivity index is 2.60. The van der Waals surface area contributed by atoms with Crippen molar-refractivity contribution in [3.8, 4) is 12.3 Å². The van der Waals surface area contributed by atoms with E-state index in [-0.39, 0.29) is 5.97 Å². The van der Waals surface area contributed by atoms with Crippen molar-refractivity contribution in [2.45, 2.75) is 13.5 Å². The Morgan fingerprint density at radius 1 is 1.46 bits per heavy atom. The highest BCUT2D eigenvalue weighted by molar-refractivity contribution is 5.65. The molecule has 0 saturated carbocycles. The normalized spacial score (nSPS) is 8.92. The molecule has 0 unspecified atom stereocenters. The first-order valence-corrected chi connectivity index (χ1v) is 3.91. The lowest BCUT2D eigenvalue weighted by molar-refractivity contribution is -0.142. The first-order valence-electron chi connectivity index (χ1n) is 3.91. The van der Waals surface area contributed by atoms with E-state index >= 15 is 0 Å². The lowest BCUT2D eigenvalue weighted by Gasteiger charge is -2.01. The Labute approximate surface area is 77.5 Å². The maximum Gasteiger partial charge on any atom is 0.302 e. The average molecular weight is 174 g/mol. The highest BCUT2D eigenvalue weighted by atomic mass is 16.5. The highest BCUT2D eigenvalue weighted by Gasteiger charge is 1.95. The zero-order valence-electron chi connectivity index (χ0n) is 7.41. The van der Waals surface area contributed by atoms with Gasteiger partial charge in [0.05, 0.1) is 0 Å². The van der Waals surface area contributed by atoms with Crippen LogP contribution < -0.4 is 0 Å². The van der Waals surface area contributed by atoms with Crippen molar-refractivity contribution in [1.82, 2.24) is 0 Å². The van der Waals surface area contributed by atoms with Crippen molar-refractivity contribution in [3.05, 3.63) is 35.4 Å². The van der Waals surface area contributed by atoms with E-state index in [0.29, 0.717) is 6.61 Å². The van der Waals surface area contributed by atoms with E-state index in [1.54, 1.807) is 0 Å². The van der Waals surface area contributed by atoms with Gasteiger partial charge in [-0.15, -0.1) is 6.42 Å². The molecule has 2 heteroatoms. The smallest absolute Gasteiger partial charge is 0.302 e. The van der Waals surface area contributed by atoms with Gasteiger partial charge in [-0.3, -0.25) is 4.79 Å². The van der Waals surface area contributed by atoms with Gasteiger partial charge in [0, 0.05) is 12.5 Å². The minimum atomic E-state index is -0.277. The number of carbonyl (C=O) groups is 1. The molecular formula is C11H10O2. The number of hydrogen-bond donors (Lipinski definition) is 0. The van der Waals surface area contributed by atoms with E-state index in [1.165, 1.54) is 6.92 Å². The fourth-order valence-electron chi connectivity index (χ4n) is 0.882. The van der Waals surface area contributed by atoms with Crippen molar-refractivity contribution in [2.24, 2.45) is 0 Å². The van der Waals surface area contributed by atoms with Crippen LogP contribution in [0.3, 0.4) is 0 Å². The number of benzene rings is 1. The van der Waals surface area contributed by atoms with Crippen molar-refractivity contribution in [1.29, 1.82) is 0 Å². The first-order chi connectivity index (χ1) is 6.22. The summed E-state index contributed by atoms with van der Waals surface area (Å²) in [5, 5.41) is 0. The van der Waals surface area contributed by atoms with Crippen LogP contribution in [0.2, 0.25) is 0 Å². The number of hydrogen-bond acceptors (Lipinski definition) is 2. The Morgan fingerprint density at radius 3 is 2.54 bits per heavy atom. The summed E-state index contributed by atoms with van der Waals surface area (Å²) in [6.45, 7) is 1.69. The minimum Gasteiger partial charge on any atom is -0.461 e. The van der Waals surface area contributed by atoms with E-state index in [2.05, 4.69) is 5.92 Å². The zero-order valence-corrected chi connectivity index (χ0v) is 7.41. The van der Waals surface area contributed by atoms with E-state index < -0.39 is 0 Å². The van der Waals surface area contributed by atoms with Gasteiger partial charge in [0.1, 0.15) is 6.61 Å². The molecule has 0 bridgehead atoms. The van der Waals surface area contributed by atoms with Gasteiger partial charge in [0.25, 0.3) is 0 Å². The zero-order chi connectivity index (χ0) is 9.68. The molecule has 0 spiro atoms. The predicted octanol–water partition coefficient (Wildman–Crippen LogP) is 1.73. The van der Waals surface area contributed by atoms with E-state index in [4.69, 9.17) is 11.2 Å². The molecule has 0 saturated heterocycles. The summed E-state index contributed by atoms with van der Waals surface area (Å²) < 4.78 is 4.81. The molecule has 13 heavy (non-hydrogen) atoms. The molecule has 0 atom stereocenters. The van der Waals surface area contributed by atoms with Crippen LogP contribution in [0.25, 0.3) is 0 Å². The summed E-state index contributed by atoms with van der Waals surface area (Å²) in [5.74, 6) is 2.23. The maximum atomic E-state index is 10.5. The van der Waals surface area contributed by atoms with Crippen molar-refractivity contribution < 1.29 is 9.53 Å². The van der Waals surface area contributed by atoms with Crippen LogP contribution in [-0.2, 0) is 16.1 Å². The number of rotatable bonds is 2. The van der Waals surface area contributed by atoms with Gasteiger partial charge in [-0.1, -0.05) is 18.1 Å². The van der Waals surface area contributed by atoms with E-state index in [9.17, 15) is 4.79 Å². The van der Waals surface area contributed by atoms with Gasteiger partial charge in [-0.2, -0.15) is 0 Å². The summed E-state index contributed by atoms with van der Waals surface area (Å²) in [5.41, 5.74) is 1.76. The molecule has 0 aliphatic heterocycles. The predicted molar refractivity (Wildman–Crippen MR) is 49.8 cm³/mol. The Hall–Kier alpha value is -1.75. The van der Waals surface area contributed by atoms with E-state index in [1.807, 2.05) is 24.3 Å². The third-order valence-electron chi connectivity index (χ3n) is 1.56. The molecule has 0 aromatic heterocycles. The van der Waals surface area contributed by atoms with Crippen molar-refractivity contribution >= 4 is 5.97 Å². The molecular weight excluding hydrogens is 164 g/mol. The third kappa shape index (κ3) is 3.00. The van der Waals surface area contributed by atoms with Crippen molar-refractivity contribution in [2.75, 3.05) is 0 Å².